The Kier molecular flexibility index (Phi) is 4.92. The van der Waals surface area contributed by atoms with Crippen LogP contribution < -0.4 is 16.6 Å². The lowest BCUT2D eigenvalue weighted by molar-refractivity contribution is -0.121. The van der Waals surface area contributed by atoms with Crippen LogP contribution in [0.3, 0.4) is 0 Å². The monoisotopic (exact) mass is 305 g/mol. The van der Waals surface area contributed by atoms with Crippen LogP contribution in [0.15, 0.2) is 28.3 Å². The van der Waals surface area contributed by atoms with Gasteiger partial charge in [-0.2, -0.15) is 0 Å². The summed E-state index contributed by atoms with van der Waals surface area (Å²) in [5.41, 5.74) is -0.418. The number of imidazole rings is 1. The van der Waals surface area contributed by atoms with Crippen LogP contribution >= 0.6 is 0 Å². The molecule has 0 saturated heterocycles. The molecule has 118 valence electrons. The first kappa shape index (κ1) is 15.7. The van der Waals surface area contributed by atoms with Gasteiger partial charge in [-0.25, -0.2) is 9.78 Å². The highest BCUT2D eigenvalue weighted by Gasteiger charge is 2.15. The second-order valence-corrected chi connectivity index (χ2v) is 5.12. The van der Waals surface area contributed by atoms with E-state index in [0.717, 1.165) is 6.42 Å². The number of carbonyl (C=O) groups excluding carboxylic acids is 1. The highest BCUT2D eigenvalue weighted by Crippen LogP contribution is 2.00. The highest BCUT2D eigenvalue weighted by atomic mass is 16.2. The zero-order valence-corrected chi connectivity index (χ0v) is 12.5. The minimum atomic E-state index is -0.571. The molecule has 0 bridgehead atoms. The van der Waals surface area contributed by atoms with E-state index in [1.807, 2.05) is 17.7 Å². The quantitative estimate of drug-likeness (QED) is 0.680. The summed E-state index contributed by atoms with van der Waals surface area (Å²) in [4.78, 5) is 43.6. The van der Waals surface area contributed by atoms with Crippen molar-refractivity contribution < 1.29 is 4.79 Å². The Bertz CT molecular complexity index is 745. The van der Waals surface area contributed by atoms with Crippen LogP contribution in [0.25, 0.3) is 0 Å². The van der Waals surface area contributed by atoms with E-state index in [4.69, 9.17) is 0 Å². The van der Waals surface area contributed by atoms with Crippen molar-refractivity contribution in [3.63, 3.8) is 0 Å². The van der Waals surface area contributed by atoms with Crippen molar-refractivity contribution in [2.45, 2.75) is 39.3 Å². The van der Waals surface area contributed by atoms with E-state index >= 15 is 0 Å². The van der Waals surface area contributed by atoms with Crippen LogP contribution in [0.4, 0.5) is 0 Å². The number of hydrogen-bond donors (Lipinski definition) is 3. The highest BCUT2D eigenvalue weighted by molar-refractivity contribution is 5.78. The molecule has 0 aromatic carbocycles. The van der Waals surface area contributed by atoms with Crippen molar-refractivity contribution in [2.75, 3.05) is 0 Å². The second-order valence-electron chi connectivity index (χ2n) is 5.12. The predicted molar refractivity (Wildman–Crippen MR) is 80.6 cm³/mol. The topological polar surface area (TPSA) is 113 Å². The Morgan fingerprint density at radius 3 is 2.77 bits per heavy atom. The van der Waals surface area contributed by atoms with Gasteiger partial charge in [0.05, 0.1) is 12.7 Å². The standard InChI is InChI=1S/C14H19N5O3/c1-3-10(7-19-5-4-15-8-19)17-12(20)6-11-9(2)16-14(22)18-13(11)21/h4-5,8,10H,3,6-7H2,1-2H3,(H,17,20)(H2,16,18,21,22). The Labute approximate surface area is 126 Å². The summed E-state index contributed by atoms with van der Waals surface area (Å²) in [5.74, 6) is -0.257. The molecule has 0 aliphatic heterocycles. The number of nitrogens with one attached hydrogen (secondary N) is 3. The smallest absolute Gasteiger partial charge is 0.325 e. The van der Waals surface area contributed by atoms with Gasteiger partial charge in [0.15, 0.2) is 0 Å². The van der Waals surface area contributed by atoms with Crippen LogP contribution in [0.5, 0.6) is 0 Å². The van der Waals surface area contributed by atoms with Crippen molar-refractivity contribution in [2.24, 2.45) is 0 Å². The fourth-order valence-electron chi connectivity index (χ4n) is 2.20. The average molecular weight is 305 g/mol. The number of nitrogens with zero attached hydrogens (tertiary/aromatic N) is 2. The molecule has 2 aromatic heterocycles. The predicted octanol–water partition coefficient (Wildman–Crippen LogP) is -0.294. The molecule has 1 atom stereocenters. The molecule has 0 aliphatic rings. The Morgan fingerprint density at radius 2 is 2.18 bits per heavy atom. The maximum Gasteiger partial charge on any atom is 0.325 e. The van der Waals surface area contributed by atoms with Crippen molar-refractivity contribution in [3.05, 3.63) is 50.8 Å². The summed E-state index contributed by atoms with van der Waals surface area (Å²) in [6.45, 7) is 4.19. The first-order chi connectivity index (χ1) is 10.5. The summed E-state index contributed by atoms with van der Waals surface area (Å²) in [7, 11) is 0. The first-order valence-electron chi connectivity index (χ1n) is 7.06. The summed E-state index contributed by atoms with van der Waals surface area (Å²) >= 11 is 0. The Balaban J connectivity index is 2.03. The SMILES string of the molecule is CCC(Cn1ccnc1)NC(=O)Cc1c(C)[nH]c(=O)[nH]c1=O. The minimum absolute atomic E-state index is 0.0520. The van der Waals surface area contributed by atoms with E-state index in [1.165, 1.54) is 0 Å². The lowest BCUT2D eigenvalue weighted by Gasteiger charge is -2.17. The summed E-state index contributed by atoms with van der Waals surface area (Å²) in [6.07, 6.45) is 5.87. The maximum absolute atomic E-state index is 12.1. The molecule has 2 heterocycles. The maximum atomic E-state index is 12.1. The van der Waals surface area contributed by atoms with Gasteiger partial charge in [-0.1, -0.05) is 6.92 Å². The van der Waals surface area contributed by atoms with Crippen LogP contribution in [-0.4, -0.2) is 31.5 Å². The molecule has 8 nitrogen and oxygen atoms in total. The van der Waals surface area contributed by atoms with Gasteiger partial charge < -0.3 is 14.9 Å². The third-order valence-corrected chi connectivity index (χ3v) is 3.44. The van der Waals surface area contributed by atoms with Gasteiger partial charge >= 0.3 is 5.69 Å². The molecule has 1 amide bonds. The third-order valence-electron chi connectivity index (χ3n) is 3.44. The summed E-state index contributed by atoms with van der Waals surface area (Å²) in [5, 5.41) is 2.89. The average Bonchev–Trinajstić information content (AvgIpc) is 2.95. The molecule has 1 unspecified atom stereocenters. The number of amides is 1. The van der Waals surface area contributed by atoms with Gasteiger partial charge in [-0.15, -0.1) is 0 Å². The number of hydrogen-bond acceptors (Lipinski definition) is 4. The molecule has 22 heavy (non-hydrogen) atoms. The molecule has 8 heteroatoms. The van der Waals surface area contributed by atoms with E-state index in [0.29, 0.717) is 12.2 Å². The summed E-state index contributed by atoms with van der Waals surface area (Å²) in [6, 6.07) is -0.0520. The van der Waals surface area contributed by atoms with Crippen LogP contribution in [-0.2, 0) is 17.8 Å². The number of rotatable bonds is 6. The molecule has 0 saturated carbocycles. The van der Waals surface area contributed by atoms with E-state index < -0.39 is 11.2 Å². The molecule has 0 radical (unpaired) electrons. The lowest BCUT2D eigenvalue weighted by Crippen LogP contribution is -2.39. The van der Waals surface area contributed by atoms with Gasteiger partial charge in [-0.05, 0) is 13.3 Å². The zero-order valence-electron chi connectivity index (χ0n) is 12.5. The lowest BCUT2D eigenvalue weighted by atomic mass is 10.1. The molecule has 2 rings (SSSR count). The van der Waals surface area contributed by atoms with E-state index in [2.05, 4.69) is 20.3 Å². The molecule has 0 fully saturated rings. The van der Waals surface area contributed by atoms with Crippen LogP contribution in [0.2, 0.25) is 0 Å². The largest absolute Gasteiger partial charge is 0.351 e. The van der Waals surface area contributed by atoms with E-state index in [9.17, 15) is 14.4 Å². The third kappa shape index (κ3) is 3.94. The van der Waals surface area contributed by atoms with Crippen molar-refractivity contribution in [1.82, 2.24) is 24.8 Å². The summed E-state index contributed by atoms with van der Waals surface area (Å²) < 4.78 is 1.88. The number of aryl methyl sites for hydroxylation is 1. The Hall–Kier alpha value is -2.64. The van der Waals surface area contributed by atoms with E-state index in [-0.39, 0.29) is 23.9 Å². The van der Waals surface area contributed by atoms with Gasteiger partial charge in [0, 0.05) is 36.2 Å². The molecule has 3 N–H and O–H groups in total. The van der Waals surface area contributed by atoms with Gasteiger partial charge in [0.1, 0.15) is 0 Å². The number of aromatic amines is 2. The van der Waals surface area contributed by atoms with Crippen molar-refractivity contribution in [1.29, 1.82) is 0 Å². The second kappa shape index (κ2) is 6.88. The number of carbonyl (C=O) groups is 1. The fraction of sp³-hybridized carbons (Fsp3) is 0.429. The molecular weight excluding hydrogens is 286 g/mol. The Morgan fingerprint density at radius 1 is 1.41 bits per heavy atom. The van der Waals surface area contributed by atoms with Crippen LogP contribution in [0, 0.1) is 6.92 Å². The van der Waals surface area contributed by atoms with Gasteiger partial charge in [0.25, 0.3) is 5.56 Å². The fourth-order valence-corrected chi connectivity index (χ4v) is 2.20. The van der Waals surface area contributed by atoms with E-state index in [1.54, 1.807) is 19.4 Å². The van der Waals surface area contributed by atoms with Gasteiger partial charge in [-0.3, -0.25) is 14.6 Å². The molecule has 2 aromatic rings. The van der Waals surface area contributed by atoms with Gasteiger partial charge in [0.2, 0.25) is 5.91 Å². The number of H-pyrrole nitrogens is 2. The van der Waals surface area contributed by atoms with Crippen LogP contribution in [0.1, 0.15) is 24.6 Å². The molecule has 0 spiro atoms. The first-order valence-corrected chi connectivity index (χ1v) is 7.06. The number of aromatic nitrogens is 4. The van der Waals surface area contributed by atoms with Crippen molar-refractivity contribution in [3.8, 4) is 0 Å². The minimum Gasteiger partial charge on any atom is -0.351 e. The normalized spacial score (nSPS) is 12.1. The van der Waals surface area contributed by atoms with Crippen molar-refractivity contribution >= 4 is 5.91 Å². The molecule has 0 aliphatic carbocycles. The zero-order chi connectivity index (χ0) is 16.1. The molecular formula is C14H19N5O3.